The molecule has 0 bridgehead atoms. The van der Waals surface area contributed by atoms with E-state index in [1.54, 1.807) is 43.5 Å². The molecule has 0 saturated carbocycles. The zero-order valence-electron chi connectivity index (χ0n) is 14.9. The van der Waals surface area contributed by atoms with E-state index >= 15 is 0 Å². The third-order valence-corrected chi connectivity index (χ3v) is 5.62. The molecule has 0 fully saturated rings. The maximum absolute atomic E-state index is 12.6. The molecule has 1 heterocycles. The predicted octanol–water partition coefficient (Wildman–Crippen LogP) is 5.75. The minimum atomic E-state index is -2.50. The number of ether oxygens (including phenoxy) is 2. The minimum Gasteiger partial charge on any atom is -0.496 e. The monoisotopic (exact) mass is 443 g/mol. The van der Waals surface area contributed by atoms with Crippen LogP contribution in [0.1, 0.15) is 5.56 Å². The quantitative estimate of drug-likeness (QED) is 0.447. The SMILES string of the molecule is COc1cc(CSc2n[nH]c(-c3cc(Cl)ccc3OC)n2)ccc1SC(F)F. The summed E-state index contributed by atoms with van der Waals surface area (Å²) in [6.45, 7) is 0. The number of alkyl halides is 2. The lowest BCUT2D eigenvalue weighted by molar-refractivity contribution is 0.251. The molecule has 148 valence electrons. The first-order valence-corrected chi connectivity index (χ1v) is 10.3. The molecule has 0 aliphatic heterocycles. The van der Waals surface area contributed by atoms with Crippen molar-refractivity contribution < 1.29 is 18.3 Å². The summed E-state index contributed by atoms with van der Waals surface area (Å²) in [5, 5.41) is 8.20. The fourth-order valence-electron chi connectivity index (χ4n) is 2.44. The fourth-order valence-corrected chi connectivity index (χ4v) is 3.95. The van der Waals surface area contributed by atoms with Gasteiger partial charge in [-0.3, -0.25) is 5.10 Å². The molecule has 28 heavy (non-hydrogen) atoms. The van der Waals surface area contributed by atoms with Gasteiger partial charge < -0.3 is 9.47 Å². The molecule has 0 aliphatic carbocycles. The molecule has 1 N–H and O–H groups in total. The molecule has 0 unspecified atom stereocenters. The minimum absolute atomic E-state index is 0.402. The molecule has 3 rings (SSSR count). The highest BCUT2D eigenvalue weighted by Gasteiger charge is 2.14. The summed E-state index contributed by atoms with van der Waals surface area (Å²) in [5.41, 5.74) is 1.62. The summed E-state index contributed by atoms with van der Waals surface area (Å²) >= 11 is 7.93. The van der Waals surface area contributed by atoms with E-state index in [2.05, 4.69) is 15.2 Å². The van der Waals surface area contributed by atoms with E-state index in [4.69, 9.17) is 21.1 Å². The molecule has 0 radical (unpaired) electrons. The molecule has 1 aromatic heterocycles. The van der Waals surface area contributed by atoms with Crippen LogP contribution in [-0.2, 0) is 5.75 Å². The Morgan fingerprint density at radius 1 is 1.11 bits per heavy atom. The molecular formula is C18H16ClF2N3O2S2. The number of thioether (sulfide) groups is 2. The number of hydrogen-bond donors (Lipinski definition) is 1. The number of rotatable bonds is 8. The van der Waals surface area contributed by atoms with Gasteiger partial charge in [0.15, 0.2) is 5.82 Å². The Labute approximate surface area is 174 Å². The maximum Gasteiger partial charge on any atom is 0.289 e. The van der Waals surface area contributed by atoms with Gasteiger partial charge in [0.1, 0.15) is 11.5 Å². The molecule has 2 aromatic carbocycles. The second kappa shape index (κ2) is 9.49. The van der Waals surface area contributed by atoms with E-state index in [-0.39, 0.29) is 0 Å². The van der Waals surface area contributed by atoms with Crippen molar-refractivity contribution in [3.8, 4) is 22.9 Å². The lowest BCUT2D eigenvalue weighted by atomic mass is 10.2. The highest BCUT2D eigenvalue weighted by molar-refractivity contribution is 7.99. The Morgan fingerprint density at radius 2 is 1.89 bits per heavy atom. The summed E-state index contributed by atoms with van der Waals surface area (Å²) in [7, 11) is 3.03. The lowest BCUT2D eigenvalue weighted by Gasteiger charge is -2.09. The van der Waals surface area contributed by atoms with Crippen molar-refractivity contribution in [3.05, 3.63) is 47.0 Å². The van der Waals surface area contributed by atoms with Crippen molar-refractivity contribution in [2.75, 3.05) is 14.2 Å². The largest absolute Gasteiger partial charge is 0.496 e. The molecule has 0 aliphatic rings. The predicted molar refractivity (Wildman–Crippen MR) is 108 cm³/mol. The Hall–Kier alpha value is -1.97. The topological polar surface area (TPSA) is 60.0 Å². The number of hydrogen-bond acceptors (Lipinski definition) is 6. The number of methoxy groups -OCH3 is 2. The van der Waals surface area contributed by atoms with Crippen LogP contribution in [0.25, 0.3) is 11.4 Å². The van der Waals surface area contributed by atoms with Gasteiger partial charge in [-0.25, -0.2) is 4.98 Å². The van der Waals surface area contributed by atoms with E-state index in [1.165, 1.54) is 18.9 Å². The second-order valence-corrected chi connectivity index (χ2v) is 7.87. The van der Waals surface area contributed by atoms with Crippen LogP contribution >= 0.6 is 35.1 Å². The first kappa shape index (κ1) is 20.8. The number of H-pyrrole nitrogens is 1. The summed E-state index contributed by atoms with van der Waals surface area (Å²) < 4.78 is 35.7. The van der Waals surface area contributed by atoms with Gasteiger partial charge in [0, 0.05) is 10.8 Å². The van der Waals surface area contributed by atoms with E-state index in [1.807, 2.05) is 0 Å². The number of nitrogens with zero attached hydrogens (tertiary/aromatic N) is 2. The Bertz CT molecular complexity index is 956. The summed E-state index contributed by atoms with van der Waals surface area (Å²) in [4.78, 5) is 4.87. The van der Waals surface area contributed by atoms with Gasteiger partial charge in [0.2, 0.25) is 5.16 Å². The van der Waals surface area contributed by atoms with Crippen LogP contribution in [0.4, 0.5) is 8.78 Å². The van der Waals surface area contributed by atoms with Gasteiger partial charge in [-0.15, -0.1) is 5.10 Å². The van der Waals surface area contributed by atoms with Crippen LogP contribution in [0.3, 0.4) is 0 Å². The third-order valence-electron chi connectivity index (χ3n) is 3.69. The van der Waals surface area contributed by atoms with Crippen molar-refractivity contribution in [3.63, 3.8) is 0 Å². The van der Waals surface area contributed by atoms with E-state index in [0.29, 0.717) is 55.5 Å². The highest BCUT2D eigenvalue weighted by atomic mass is 35.5. The lowest BCUT2D eigenvalue weighted by Crippen LogP contribution is -1.91. The number of benzene rings is 2. The molecule has 3 aromatic rings. The fraction of sp³-hybridized carbons (Fsp3) is 0.222. The number of nitrogens with one attached hydrogen (secondary N) is 1. The third kappa shape index (κ3) is 5.09. The number of aromatic nitrogens is 3. The van der Waals surface area contributed by atoms with Crippen LogP contribution in [0.15, 0.2) is 46.5 Å². The molecule has 10 heteroatoms. The van der Waals surface area contributed by atoms with E-state index in [9.17, 15) is 8.78 Å². The van der Waals surface area contributed by atoms with Gasteiger partial charge in [-0.05, 0) is 35.9 Å². The van der Waals surface area contributed by atoms with Gasteiger partial charge in [-0.2, -0.15) is 8.78 Å². The van der Waals surface area contributed by atoms with Crippen molar-refractivity contribution in [2.24, 2.45) is 0 Å². The Morgan fingerprint density at radius 3 is 2.61 bits per heavy atom. The maximum atomic E-state index is 12.6. The van der Waals surface area contributed by atoms with Crippen LogP contribution in [0, 0.1) is 0 Å². The molecule has 0 amide bonds. The molecule has 0 spiro atoms. The number of halogens is 3. The summed E-state index contributed by atoms with van der Waals surface area (Å²) in [6, 6.07) is 10.4. The van der Waals surface area contributed by atoms with Crippen LogP contribution in [-0.4, -0.2) is 35.2 Å². The van der Waals surface area contributed by atoms with Gasteiger partial charge >= 0.3 is 0 Å². The van der Waals surface area contributed by atoms with Crippen LogP contribution in [0.2, 0.25) is 5.02 Å². The van der Waals surface area contributed by atoms with Crippen LogP contribution in [0.5, 0.6) is 11.5 Å². The zero-order valence-corrected chi connectivity index (χ0v) is 17.3. The Balaban J connectivity index is 1.72. The number of aromatic amines is 1. The average molecular weight is 444 g/mol. The smallest absolute Gasteiger partial charge is 0.289 e. The standard InChI is InChI=1S/C18H16ClF2N3O2S2/c1-25-13-5-4-11(19)8-12(13)16-22-18(24-23-16)27-9-10-3-6-15(28-17(20)21)14(7-10)26-2/h3-8,17H,9H2,1-2H3,(H,22,23,24). The van der Waals surface area contributed by atoms with Crippen molar-refractivity contribution in [1.29, 1.82) is 0 Å². The van der Waals surface area contributed by atoms with Crippen molar-refractivity contribution in [2.45, 2.75) is 21.6 Å². The summed E-state index contributed by atoms with van der Waals surface area (Å²) in [6.07, 6.45) is 0. The van der Waals surface area contributed by atoms with Gasteiger partial charge in [-0.1, -0.05) is 41.2 Å². The molecule has 5 nitrogen and oxygen atoms in total. The van der Waals surface area contributed by atoms with Crippen molar-refractivity contribution >= 4 is 35.1 Å². The zero-order chi connectivity index (χ0) is 20.1. The molecule has 0 atom stereocenters. The molecular weight excluding hydrogens is 428 g/mol. The van der Waals surface area contributed by atoms with E-state index < -0.39 is 5.76 Å². The first-order valence-electron chi connectivity index (χ1n) is 8.01. The normalized spacial score (nSPS) is 11.1. The van der Waals surface area contributed by atoms with Gasteiger partial charge in [0.25, 0.3) is 5.76 Å². The van der Waals surface area contributed by atoms with Crippen LogP contribution < -0.4 is 9.47 Å². The first-order chi connectivity index (χ1) is 13.5. The second-order valence-electron chi connectivity index (χ2n) is 5.46. The molecule has 0 saturated heterocycles. The van der Waals surface area contributed by atoms with Gasteiger partial charge in [0.05, 0.1) is 24.7 Å². The average Bonchev–Trinajstić information content (AvgIpc) is 3.15. The van der Waals surface area contributed by atoms with E-state index in [0.717, 1.165) is 5.56 Å². The Kier molecular flexibility index (Phi) is 7.03. The highest BCUT2D eigenvalue weighted by Crippen LogP contribution is 2.35. The summed E-state index contributed by atoms with van der Waals surface area (Å²) in [5.74, 6) is -0.343. The van der Waals surface area contributed by atoms with Crippen molar-refractivity contribution in [1.82, 2.24) is 15.2 Å².